The SMILES string of the molecule is CCN(CC)c1ccc(N2CCN(C(=O)Nc3ccc(C)c(F)c3)CC2)nn1. The number of benzene rings is 1. The first-order valence-electron chi connectivity index (χ1n) is 9.67. The van der Waals surface area contributed by atoms with Crippen molar-refractivity contribution in [2.24, 2.45) is 0 Å². The summed E-state index contributed by atoms with van der Waals surface area (Å²) in [6.07, 6.45) is 0. The topological polar surface area (TPSA) is 64.6 Å². The Morgan fingerprint density at radius 3 is 2.39 bits per heavy atom. The van der Waals surface area contributed by atoms with Crippen LogP contribution in [0.2, 0.25) is 0 Å². The average Bonchev–Trinajstić information content (AvgIpc) is 2.72. The summed E-state index contributed by atoms with van der Waals surface area (Å²) in [4.78, 5) is 18.4. The molecule has 0 radical (unpaired) electrons. The number of anilines is 3. The van der Waals surface area contributed by atoms with E-state index in [2.05, 4.69) is 39.2 Å². The van der Waals surface area contributed by atoms with Crippen molar-refractivity contribution in [3.63, 3.8) is 0 Å². The van der Waals surface area contributed by atoms with Crippen LogP contribution < -0.4 is 15.1 Å². The number of urea groups is 1. The number of carbonyl (C=O) groups excluding carboxylic acids is 1. The van der Waals surface area contributed by atoms with E-state index >= 15 is 0 Å². The highest BCUT2D eigenvalue weighted by molar-refractivity contribution is 5.89. The van der Waals surface area contributed by atoms with Gasteiger partial charge in [0.1, 0.15) is 5.82 Å². The Balaban J connectivity index is 1.55. The summed E-state index contributed by atoms with van der Waals surface area (Å²) < 4.78 is 13.6. The van der Waals surface area contributed by atoms with Crippen molar-refractivity contribution in [2.45, 2.75) is 20.8 Å². The van der Waals surface area contributed by atoms with E-state index in [1.54, 1.807) is 24.0 Å². The van der Waals surface area contributed by atoms with Crippen LogP contribution in [0.25, 0.3) is 0 Å². The van der Waals surface area contributed by atoms with Crippen LogP contribution in [0.4, 0.5) is 26.5 Å². The van der Waals surface area contributed by atoms with Gasteiger partial charge in [0.2, 0.25) is 0 Å². The Bertz CT molecular complexity index is 801. The Kier molecular flexibility index (Phi) is 6.28. The van der Waals surface area contributed by atoms with Crippen molar-refractivity contribution in [1.82, 2.24) is 15.1 Å². The molecule has 0 aliphatic carbocycles. The zero-order valence-corrected chi connectivity index (χ0v) is 16.7. The number of carbonyl (C=O) groups is 1. The van der Waals surface area contributed by atoms with Crippen LogP contribution in [-0.4, -0.2) is 60.4 Å². The molecule has 1 aromatic heterocycles. The highest BCUT2D eigenvalue weighted by atomic mass is 19.1. The Labute approximate surface area is 165 Å². The van der Waals surface area contributed by atoms with E-state index in [0.29, 0.717) is 37.4 Å². The molecule has 1 N–H and O–H groups in total. The molecule has 28 heavy (non-hydrogen) atoms. The van der Waals surface area contributed by atoms with Crippen LogP contribution >= 0.6 is 0 Å². The number of aromatic nitrogens is 2. The minimum atomic E-state index is -0.325. The number of nitrogens with one attached hydrogen (secondary N) is 1. The Morgan fingerprint density at radius 2 is 1.82 bits per heavy atom. The number of hydrogen-bond donors (Lipinski definition) is 1. The van der Waals surface area contributed by atoms with Gasteiger partial charge in [0.15, 0.2) is 11.6 Å². The quantitative estimate of drug-likeness (QED) is 0.855. The summed E-state index contributed by atoms with van der Waals surface area (Å²) in [5.74, 6) is 1.36. The minimum absolute atomic E-state index is 0.217. The lowest BCUT2D eigenvalue weighted by Gasteiger charge is -2.35. The molecule has 1 aromatic carbocycles. The van der Waals surface area contributed by atoms with E-state index in [-0.39, 0.29) is 11.8 Å². The van der Waals surface area contributed by atoms with E-state index in [0.717, 1.165) is 24.7 Å². The second-order valence-corrected chi connectivity index (χ2v) is 6.79. The highest BCUT2D eigenvalue weighted by Gasteiger charge is 2.22. The van der Waals surface area contributed by atoms with Gasteiger partial charge in [0.05, 0.1) is 0 Å². The third-order valence-corrected chi connectivity index (χ3v) is 5.04. The van der Waals surface area contributed by atoms with Gasteiger partial charge in [-0.05, 0) is 50.6 Å². The van der Waals surface area contributed by atoms with Gasteiger partial charge in [-0.1, -0.05) is 6.07 Å². The van der Waals surface area contributed by atoms with Crippen LogP contribution in [0.15, 0.2) is 30.3 Å². The van der Waals surface area contributed by atoms with E-state index in [1.165, 1.54) is 6.07 Å². The second kappa shape index (κ2) is 8.86. The van der Waals surface area contributed by atoms with Gasteiger partial charge in [-0.25, -0.2) is 9.18 Å². The van der Waals surface area contributed by atoms with Gasteiger partial charge in [-0.15, -0.1) is 10.2 Å². The fourth-order valence-electron chi connectivity index (χ4n) is 3.21. The molecule has 0 saturated carbocycles. The summed E-state index contributed by atoms with van der Waals surface area (Å²) in [6.45, 7) is 10.1. The monoisotopic (exact) mass is 386 g/mol. The second-order valence-electron chi connectivity index (χ2n) is 6.79. The van der Waals surface area contributed by atoms with Crippen molar-refractivity contribution in [2.75, 3.05) is 54.4 Å². The molecule has 2 amide bonds. The minimum Gasteiger partial charge on any atom is -0.356 e. The lowest BCUT2D eigenvalue weighted by Crippen LogP contribution is -2.50. The van der Waals surface area contributed by atoms with Crippen molar-refractivity contribution < 1.29 is 9.18 Å². The van der Waals surface area contributed by atoms with Crippen molar-refractivity contribution >= 4 is 23.4 Å². The van der Waals surface area contributed by atoms with Crippen molar-refractivity contribution in [3.05, 3.63) is 41.7 Å². The maximum atomic E-state index is 13.6. The summed E-state index contributed by atoms with van der Waals surface area (Å²) in [5, 5.41) is 11.4. The summed E-state index contributed by atoms with van der Waals surface area (Å²) in [6, 6.07) is 8.46. The molecule has 1 aliphatic heterocycles. The number of piperazine rings is 1. The van der Waals surface area contributed by atoms with E-state index in [4.69, 9.17) is 0 Å². The van der Waals surface area contributed by atoms with Crippen LogP contribution in [0.1, 0.15) is 19.4 Å². The van der Waals surface area contributed by atoms with Gasteiger partial charge in [0, 0.05) is 45.0 Å². The number of rotatable bonds is 5. The Morgan fingerprint density at radius 1 is 1.11 bits per heavy atom. The van der Waals surface area contributed by atoms with Crippen molar-refractivity contribution in [3.8, 4) is 0 Å². The maximum Gasteiger partial charge on any atom is 0.321 e. The predicted octanol–water partition coefficient (Wildman–Crippen LogP) is 3.12. The summed E-state index contributed by atoms with van der Waals surface area (Å²) >= 11 is 0. The number of aryl methyl sites for hydroxylation is 1. The van der Waals surface area contributed by atoms with Gasteiger partial charge < -0.3 is 20.0 Å². The van der Waals surface area contributed by atoms with E-state index < -0.39 is 0 Å². The van der Waals surface area contributed by atoms with Crippen LogP contribution in [0.3, 0.4) is 0 Å². The fraction of sp³-hybridized carbons (Fsp3) is 0.450. The fourth-order valence-corrected chi connectivity index (χ4v) is 3.21. The van der Waals surface area contributed by atoms with Crippen LogP contribution in [0, 0.1) is 12.7 Å². The molecule has 2 aromatic rings. The first kappa shape index (κ1) is 19.9. The molecule has 0 bridgehead atoms. The third-order valence-electron chi connectivity index (χ3n) is 5.04. The number of hydrogen-bond acceptors (Lipinski definition) is 5. The van der Waals surface area contributed by atoms with Gasteiger partial charge in [0.25, 0.3) is 0 Å². The molecule has 1 saturated heterocycles. The maximum absolute atomic E-state index is 13.6. The molecule has 8 heteroatoms. The zero-order valence-electron chi connectivity index (χ0n) is 16.7. The van der Waals surface area contributed by atoms with Gasteiger partial charge in [-0.2, -0.15) is 0 Å². The molecule has 2 heterocycles. The molecule has 150 valence electrons. The van der Waals surface area contributed by atoms with Crippen LogP contribution in [0.5, 0.6) is 0 Å². The number of nitrogens with zero attached hydrogens (tertiary/aromatic N) is 5. The van der Waals surface area contributed by atoms with Crippen molar-refractivity contribution in [1.29, 1.82) is 0 Å². The normalized spacial score (nSPS) is 14.1. The zero-order chi connectivity index (χ0) is 20.1. The molecular weight excluding hydrogens is 359 g/mol. The molecule has 0 atom stereocenters. The van der Waals surface area contributed by atoms with Gasteiger partial charge in [-0.3, -0.25) is 0 Å². The summed E-state index contributed by atoms with van der Waals surface area (Å²) in [5.41, 5.74) is 1.02. The standard InChI is InChI=1S/C20H27FN6O/c1-4-25(5-2)18-8-9-19(24-23-18)26-10-12-27(13-11-26)20(28)22-16-7-6-15(3)17(21)14-16/h6-9,14H,4-5,10-13H2,1-3H3,(H,22,28). The van der Waals surface area contributed by atoms with E-state index in [9.17, 15) is 9.18 Å². The summed E-state index contributed by atoms with van der Waals surface area (Å²) in [7, 11) is 0. The molecule has 1 aliphatic rings. The molecule has 3 rings (SSSR count). The average molecular weight is 386 g/mol. The first-order valence-corrected chi connectivity index (χ1v) is 9.67. The molecule has 7 nitrogen and oxygen atoms in total. The molecule has 1 fully saturated rings. The number of amides is 2. The highest BCUT2D eigenvalue weighted by Crippen LogP contribution is 2.18. The molecular formula is C20H27FN6O. The number of halogens is 1. The smallest absolute Gasteiger partial charge is 0.321 e. The molecule has 0 spiro atoms. The predicted molar refractivity (Wildman–Crippen MR) is 110 cm³/mol. The third kappa shape index (κ3) is 4.49. The lowest BCUT2D eigenvalue weighted by molar-refractivity contribution is 0.208. The van der Waals surface area contributed by atoms with E-state index in [1.807, 2.05) is 12.1 Å². The lowest BCUT2D eigenvalue weighted by atomic mass is 10.2. The van der Waals surface area contributed by atoms with Crippen LogP contribution in [-0.2, 0) is 0 Å². The largest absolute Gasteiger partial charge is 0.356 e. The Hall–Kier alpha value is -2.90. The first-order chi connectivity index (χ1) is 13.5. The molecule has 0 unspecified atom stereocenters. The van der Waals surface area contributed by atoms with Gasteiger partial charge >= 0.3 is 6.03 Å².